The average molecular weight is 392 g/mol. The summed E-state index contributed by atoms with van der Waals surface area (Å²) in [4.78, 5) is 38.1. The van der Waals surface area contributed by atoms with Gasteiger partial charge in [0.25, 0.3) is 5.91 Å². The Labute approximate surface area is 165 Å². The maximum atomic E-state index is 12.4. The normalized spacial score (nSPS) is 14.6. The molecule has 1 aromatic rings. The molecule has 0 aromatic heterocycles. The van der Waals surface area contributed by atoms with Crippen molar-refractivity contribution < 1.29 is 28.6 Å². The maximum absolute atomic E-state index is 12.4. The summed E-state index contributed by atoms with van der Waals surface area (Å²) in [6.07, 6.45) is 1.05. The molecular formula is C20H28N2O6. The number of hydrogen-bond acceptors (Lipinski definition) is 6. The number of carbonyl (C=O) groups is 3. The van der Waals surface area contributed by atoms with E-state index in [1.165, 1.54) is 4.90 Å². The minimum Gasteiger partial charge on any atom is -0.482 e. The van der Waals surface area contributed by atoms with Crippen LogP contribution in [0.25, 0.3) is 0 Å². The molecule has 0 saturated heterocycles. The van der Waals surface area contributed by atoms with Gasteiger partial charge in [0.05, 0.1) is 12.3 Å². The highest BCUT2D eigenvalue weighted by Crippen LogP contribution is 2.36. The second kappa shape index (κ2) is 8.95. The van der Waals surface area contributed by atoms with Crippen LogP contribution >= 0.6 is 0 Å². The van der Waals surface area contributed by atoms with Crippen molar-refractivity contribution in [2.45, 2.75) is 59.1 Å². The van der Waals surface area contributed by atoms with Crippen LogP contribution in [-0.2, 0) is 19.1 Å². The highest BCUT2D eigenvalue weighted by Gasteiger charge is 2.34. The van der Waals surface area contributed by atoms with Crippen LogP contribution in [0.2, 0.25) is 0 Å². The lowest BCUT2D eigenvalue weighted by Gasteiger charge is -2.33. The number of nitrogens with zero attached hydrogens (tertiary/aromatic N) is 1. The molecule has 1 aromatic carbocycles. The van der Waals surface area contributed by atoms with Crippen molar-refractivity contribution in [3.8, 4) is 5.75 Å². The lowest BCUT2D eigenvalue weighted by Crippen LogP contribution is -2.48. The van der Waals surface area contributed by atoms with Crippen molar-refractivity contribution in [1.29, 1.82) is 0 Å². The summed E-state index contributed by atoms with van der Waals surface area (Å²) in [5.74, 6) is -0.399. The molecule has 1 aliphatic rings. The Morgan fingerprint density at radius 2 is 2.04 bits per heavy atom. The molecule has 0 saturated carbocycles. The first-order valence-corrected chi connectivity index (χ1v) is 9.38. The summed E-state index contributed by atoms with van der Waals surface area (Å²) in [5.41, 5.74) is 0.174. The van der Waals surface area contributed by atoms with Crippen molar-refractivity contribution in [2.24, 2.45) is 0 Å². The number of carbonyl (C=O) groups excluding carboxylic acids is 3. The van der Waals surface area contributed by atoms with Crippen molar-refractivity contribution >= 4 is 29.3 Å². The maximum Gasteiger partial charge on any atom is 0.412 e. The van der Waals surface area contributed by atoms with E-state index >= 15 is 0 Å². The van der Waals surface area contributed by atoms with Gasteiger partial charge < -0.3 is 14.2 Å². The molecule has 0 radical (unpaired) electrons. The van der Waals surface area contributed by atoms with Crippen LogP contribution < -0.4 is 15.0 Å². The van der Waals surface area contributed by atoms with E-state index in [4.69, 9.17) is 14.2 Å². The minimum atomic E-state index is -0.816. The summed E-state index contributed by atoms with van der Waals surface area (Å²) in [6.45, 7) is 9.04. The molecule has 0 spiro atoms. The van der Waals surface area contributed by atoms with Gasteiger partial charge in [-0.25, -0.2) is 9.59 Å². The van der Waals surface area contributed by atoms with Gasteiger partial charge in [-0.3, -0.25) is 15.0 Å². The molecule has 0 fully saturated rings. The first kappa shape index (κ1) is 21.5. The number of fused-ring (bicyclic) bond motifs is 1. The Bertz CT molecular complexity index is 741. The Morgan fingerprint density at radius 1 is 1.32 bits per heavy atom. The van der Waals surface area contributed by atoms with E-state index in [0.29, 0.717) is 23.7 Å². The number of anilines is 2. The monoisotopic (exact) mass is 392 g/mol. The molecule has 8 nitrogen and oxygen atoms in total. The Balaban J connectivity index is 2.21. The molecule has 2 amide bonds. The summed E-state index contributed by atoms with van der Waals surface area (Å²) in [7, 11) is 0. The third-order valence-electron chi connectivity index (χ3n) is 3.95. The third-order valence-corrected chi connectivity index (χ3v) is 3.95. The highest BCUT2D eigenvalue weighted by molar-refractivity contribution is 6.03. The number of benzene rings is 1. The number of unbranched alkanes of at least 4 members (excludes halogenated alkanes) is 1. The van der Waals surface area contributed by atoms with Gasteiger partial charge in [0, 0.05) is 5.69 Å². The Hall–Kier alpha value is -2.77. The van der Waals surface area contributed by atoms with Crippen LogP contribution in [0.15, 0.2) is 18.2 Å². The van der Waals surface area contributed by atoms with Gasteiger partial charge >= 0.3 is 12.1 Å². The van der Waals surface area contributed by atoms with Crippen molar-refractivity contribution in [2.75, 3.05) is 23.4 Å². The fourth-order valence-electron chi connectivity index (χ4n) is 2.64. The van der Waals surface area contributed by atoms with Crippen molar-refractivity contribution in [3.05, 3.63) is 18.2 Å². The van der Waals surface area contributed by atoms with Crippen LogP contribution in [0.5, 0.6) is 5.75 Å². The van der Waals surface area contributed by atoms with Gasteiger partial charge in [0.15, 0.2) is 6.61 Å². The van der Waals surface area contributed by atoms with Crippen LogP contribution in [0, 0.1) is 0 Å². The van der Waals surface area contributed by atoms with Gasteiger partial charge in [-0.2, -0.15) is 0 Å². The molecule has 1 unspecified atom stereocenters. The van der Waals surface area contributed by atoms with Crippen LogP contribution in [0.4, 0.5) is 16.2 Å². The van der Waals surface area contributed by atoms with Gasteiger partial charge in [0.2, 0.25) is 0 Å². The topological polar surface area (TPSA) is 94.2 Å². The number of ether oxygens (including phenoxy) is 3. The second-order valence-corrected chi connectivity index (χ2v) is 7.56. The number of hydrogen-bond donors (Lipinski definition) is 1. The lowest BCUT2D eigenvalue weighted by molar-refractivity contribution is -0.146. The molecule has 0 aliphatic carbocycles. The number of nitrogens with one attached hydrogen (secondary N) is 1. The van der Waals surface area contributed by atoms with Crippen LogP contribution in [0.3, 0.4) is 0 Å². The standard InChI is InChI=1S/C20H28N2O6/c1-6-7-10-26-18(24)13(2)22-15-11-14(21-19(25)28-20(3,4)5)8-9-16(15)27-12-17(22)23/h8-9,11,13H,6-7,10,12H2,1-5H3,(H,21,25). The summed E-state index contributed by atoms with van der Waals surface area (Å²) in [5, 5.41) is 2.62. The van der Waals surface area contributed by atoms with E-state index in [-0.39, 0.29) is 12.5 Å². The Kier molecular flexibility index (Phi) is 6.88. The van der Waals surface area contributed by atoms with Gasteiger partial charge in [-0.15, -0.1) is 0 Å². The van der Waals surface area contributed by atoms with E-state index in [1.807, 2.05) is 6.92 Å². The fourth-order valence-corrected chi connectivity index (χ4v) is 2.64. The summed E-state index contributed by atoms with van der Waals surface area (Å²) >= 11 is 0. The van der Waals surface area contributed by atoms with E-state index in [9.17, 15) is 14.4 Å². The molecule has 1 heterocycles. The molecule has 1 N–H and O–H groups in total. The molecule has 8 heteroatoms. The van der Waals surface area contributed by atoms with Gasteiger partial charge in [-0.1, -0.05) is 13.3 Å². The summed E-state index contributed by atoms with van der Waals surface area (Å²) < 4.78 is 15.9. The van der Waals surface area contributed by atoms with Crippen LogP contribution in [0.1, 0.15) is 47.5 Å². The quantitative estimate of drug-likeness (QED) is 0.588. The van der Waals surface area contributed by atoms with Gasteiger partial charge in [-0.05, 0) is 52.3 Å². The zero-order valence-corrected chi connectivity index (χ0v) is 17.0. The van der Waals surface area contributed by atoms with E-state index < -0.39 is 23.7 Å². The SMILES string of the molecule is CCCCOC(=O)C(C)N1C(=O)COc2ccc(NC(=O)OC(C)(C)C)cc21. The first-order chi connectivity index (χ1) is 13.1. The van der Waals surface area contributed by atoms with Crippen molar-refractivity contribution in [3.63, 3.8) is 0 Å². The zero-order chi connectivity index (χ0) is 20.9. The van der Waals surface area contributed by atoms with E-state index in [1.54, 1.807) is 45.9 Å². The third kappa shape index (κ3) is 5.61. The number of rotatable bonds is 6. The largest absolute Gasteiger partial charge is 0.482 e. The molecular weight excluding hydrogens is 364 g/mol. The predicted octanol–water partition coefficient (Wildman–Crippen LogP) is 3.49. The average Bonchev–Trinajstić information content (AvgIpc) is 2.59. The minimum absolute atomic E-state index is 0.168. The molecule has 28 heavy (non-hydrogen) atoms. The smallest absolute Gasteiger partial charge is 0.412 e. The molecule has 154 valence electrons. The van der Waals surface area contributed by atoms with Crippen LogP contribution in [-0.4, -0.2) is 42.8 Å². The zero-order valence-electron chi connectivity index (χ0n) is 17.0. The molecule has 1 aliphatic heterocycles. The number of esters is 1. The summed E-state index contributed by atoms with van der Waals surface area (Å²) in [6, 6.07) is 4.03. The first-order valence-electron chi connectivity index (χ1n) is 9.38. The van der Waals surface area contributed by atoms with E-state index in [2.05, 4.69) is 5.32 Å². The molecule has 2 rings (SSSR count). The predicted molar refractivity (Wildman–Crippen MR) is 105 cm³/mol. The molecule has 0 bridgehead atoms. The Morgan fingerprint density at radius 3 is 2.68 bits per heavy atom. The highest BCUT2D eigenvalue weighted by atomic mass is 16.6. The fraction of sp³-hybridized carbons (Fsp3) is 0.550. The second-order valence-electron chi connectivity index (χ2n) is 7.56. The molecule has 1 atom stereocenters. The lowest BCUT2D eigenvalue weighted by atomic mass is 10.1. The number of amides is 2. The van der Waals surface area contributed by atoms with Gasteiger partial charge in [0.1, 0.15) is 17.4 Å². The van der Waals surface area contributed by atoms with E-state index in [0.717, 1.165) is 12.8 Å². The van der Waals surface area contributed by atoms with Crippen molar-refractivity contribution in [1.82, 2.24) is 0 Å².